The van der Waals surface area contributed by atoms with Crippen molar-refractivity contribution in [2.24, 2.45) is 5.73 Å². The van der Waals surface area contributed by atoms with Gasteiger partial charge in [0.2, 0.25) is 10.0 Å². The van der Waals surface area contributed by atoms with Crippen molar-refractivity contribution in [3.05, 3.63) is 29.6 Å². The molecule has 0 saturated heterocycles. The highest BCUT2D eigenvalue weighted by atomic mass is 32.2. The highest BCUT2D eigenvalue weighted by molar-refractivity contribution is 7.92. The number of benzene rings is 1. The fourth-order valence-electron chi connectivity index (χ4n) is 1.39. The standard InChI is InChI=1S/C13H17FN2O2S/c1-2-3-9-19(17,18)16-12-7-6-11(5-4-8-15)13(14)10-12/h6-7,10,16H,2-3,8-9,15H2,1H3. The van der Waals surface area contributed by atoms with Gasteiger partial charge in [-0.15, -0.1) is 0 Å². The van der Waals surface area contributed by atoms with Crippen LogP contribution in [0, 0.1) is 17.7 Å². The first-order valence-corrected chi connectivity index (χ1v) is 7.62. The lowest BCUT2D eigenvalue weighted by Crippen LogP contribution is -2.16. The number of unbranched alkanes of at least 4 members (excludes halogenated alkanes) is 1. The number of halogens is 1. The lowest BCUT2D eigenvalue weighted by molar-refractivity contribution is 0.597. The van der Waals surface area contributed by atoms with Crippen LogP contribution in [0.4, 0.5) is 10.1 Å². The van der Waals surface area contributed by atoms with Crippen LogP contribution in [0.5, 0.6) is 0 Å². The summed E-state index contributed by atoms with van der Waals surface area (Å²) < 4.78 is 39.3. The molecule has 3 N–H and O–H groups in total. The highest BCUT2D eigenvalue weighted by Crippen LogP contribution is 2.15. The van der Waals surface area contributed by atoms with Gasteiger partial charge in [-0.1, -0.05) is 25.2 Å². The van der Waals surface area contributed by atoms with Crippen molar-refractivity contribution >= 4 is 15.7 Å². The molecule has 0 aliphatic heterocycles. The second-order valence-electron chi connectivity index (χ2n) is 3.98. The summed E-state index contributed by atoms with van der Waals surface area (Å²) in [5.74, 6) is 4.56. The number of rotatable bonds is 5. The lowest BCUT2D eigenvalue weighted by atomic mass is 10.2. The summed E-state index contributed by atoms with van der Waals surface area (Å²) >= 11 is 0. The summed E-state index contributed by atoms with van der Waals surface area (Å²) in [4.78, 5) is 0. The summed E-state index contributed by atoms with van der Waals surface area (Å²) in [7, 11) is -3.42. The Morgan fingerprint density at radius 3 is 2.74 bits per heavy atom. The molecule has 0 saturated carbocycles. The van der Waals surface area contributed by atoms with Crippen molar-refractivity contribution in [2.45, 2.75) is 19.8 Å². The molecule has 4 nitrogen and oxygen atoms in total. The van der Waals surface area contributed by atoms with Crippen molar-refractivity contribution in [3.63, 3.8) is 0 Å². The normalized spacial score (nSPS) is 10.7. The number of nitrogens with two attached hydrogens (primary N) is 1. The molecule has 104 valence electrons. The molecular formula is C13H17FN2O2S. The molecule has 0 aromatic heterocycles. The number of anilines is 1. The van der Waals surface area contributed by atoms with Crippen molar-refractivity contribution in [1.82, 2.24) is 0 Å². The van der Waals surface area contributed by atoms with Crippen LogP contribution >= 0.6 is 0 Å². The topological polar surface area (TPSA) is 72.2 Å². The third-order valence-corrected chi connectivity index (χ3v) is 3.71. The van der Waals surface area contributed by atoms with E-state index in [-0.39, 0.29) is 23.5 Å². The van der Waals surface area contributed by atoms with E-state index in [0.717, 1.165) is 12.5 Å². The molecule has 1 aromatic carbocycles. The van der Waals surface area contributed by atoms with E-state index < -0.39 is 15.8 Å². The van der Waals surface area contributed by atoms with Gasteiger partial charge in [-0.2, -0.15) is 0 Å². The first kappa shape index (κ1) is 15.5. The quantitative estimate of drug-likeness (QED) is 0.808. The monoisotopic (exact) mass is 284 g/mol. The van der Waals surface area contributed by atoms with Gasteiger partial charge >= 0.3 is 0 Å². The van der Waals surface area contributed by atoms with Crippen LogP contribution in [0.25, 0.3) is 0 Å². The summed E-state index contributed by atoms with van der Waals surface area (Å²) in [6, 6.07) is 4.02. The Kier molecular flexibility index (Phi) is 5.80. The number of hydrogen-bond donors (Lipinski definition) is 2. The van der Waals surface area contributed by atoms with Gasteiger partial charge in [0.05, 0.1) is 23.5 Å². The van der Waals surface area contributed by atoms with Crippen LogP contribution in [-0.4, -0.2) is 20.7 Å². The molecule has 6 heteroatoms. The zero-order chi connectivity index (χ0) is 14.3. The van der Waals surface area contributed by atoms with Crippen molar-refractivity contribution in [1.29, 1.82) is 0 Å². The maximum absolute atomic E-state index is 13.6. The molecular weight excluding hydrogens is 267 g/mol. The second-order valence-corrected chi connectivity index (χ2v) is 5.82. The van der Waals surface area contributed by atoms with E-state index in [1.807, 2.05) is 6.92 Å². The number of nitrogens with one attached hydrogen (secondary N) is 1. The first-order chi connectivity index (χ1) is 8.98. The van der Waals surface area contributed by atoms with E-state index in [1.54, 1.807) is 0 Å². The summed E-state index contributed by atoms with van der Waals surface area (Å²) in [5, 5.41) is 0. The van der Waals surface area contributed by atoms with Crippen LogP contribution in [0.2, 0.25) is 0 Å². The van der Waals surface area contributed by atoms with E-state index in [9.17, 15) is 12.8 Å². The third-order valence-electron chi connectivity index (χ3n) is 2.33. The fraction of sp³-hybridized carbons (Fsp3) is 0.385. The number of sulfonamides is 1. The Morgan fingerprint density at radius 1 is 1.42 bits per heavy atom. The van der Waals surface area contributed by atoms with E-state index in [0.29, 0.717) is 6.42 Å². The van der Waals surface area contributed by atoms with Gasteiger partial charge in [0.25, 0.3) is 0 Å². The third kappa shape index (κ3) is 5.28. The minimum absolute atomic E-state index is 0.0276. The highest BCUT2D eigenvalue weighted by Gasteiger charge is 2.10. The number of hydrogen-bond acceptors (Lipinski definition) is 3. The van der Waals surface area contributed by atoms with Gasteiger partial charge in [0.15, 0.2) is 0 Å². The van der Waals surface area contributed by atoms with Crippen molar-refractivity contribution in [3.8, 4) is 11.8 Å². The van der Waals surface area contributed by atoms with Crippen LogP contribution in [0.15, 0.2) is 18.2 Å². The maximum atomic E-state index is 13.6. The molecule has 1 aromatic rings. The van der Waals surface area contributed by atoms with Crippen LogP contribution in [0.3, 0.4) is 0 Å². The van der Waals surface area contributed by atoms with Crippen LogP contribution < -0.4 is 10.5 Å². The SMILES string of the molecule is CCCCS(=O)(=O)Nc1ccc(C#CCN)c(F)c1. The zero-order valence-corrected chi connectivity index (χ0v) is 11.6. The summed E-state index contributed by atoms with van der Waals surface area (Å²) in [6.07, 6.45) is 1.35. The Labute approximate surface area is 113 Å². The van der Waals surface area contributed by atoms with Gasteiger partial charge < -0.3 is 5.73 Å². The molecule has 0 heterocycles. The Balaban J connectivity index is 2.84. The molecule has 0 radical (unpaired) electrons. The molecule has 0 spiro atoms. The van der Waals surface area contributed by atoms with Crippen molar-refractivity contribution in [2.75, 3.05) is 17.0 Å². The summed E-state index contributed by atoms with van der Waals surface area (Å²) in [6.45, 7) is 2.05. The Morgan fingerprint density at radius 2 is 2.16 bits per heavy atom. The molecule has 0 fully saturated rings. The molecule has 0 atom stereocenters. The molecule has 1 rings (SSSR count). The van der Waals surface area contributed by atoms with Gasteiger partial charge in [0, 0.05) is 0 Å². The average molecular weight is 284 g/mol. The molecule has 0 bridgehead atoms. The van der Waals surface area contributed by atoms with Crippen molar-refractivity contribution < 1.29 is 12.8 Å². The minimum Gasteiger partial charge on any atom is -0.320 e. The van der Waals surface area contributed by atoms with Gasteiger partial charge in [-0.25, -0.2) is 12.8 Å². The molecule has 0 aliphatic carbocycles. The predicted molar refractivity (Wildman–Crippen MR) is 74.6 cm³/mol. The summed E-state index contributed by atoms with van der Waals surface area (Å²) in [5.41, 5.74) is 5.60. The predicted octanol–water partition coefficient (Wildman–Crippen LogP) is 1.68. The van der Waals surface area contributed by atoms with Gasteiger partial charge in [0.1, 0.15) is 5.82 Å². The first-order valence-electron chi connectivity index (χ1n) is 5.97. The zero-order valence-electron chi connectivity index (χ0n) is 10.7. The van der Waals surface area contributed by atoms with Crippen LogP contribution in [-0.2, 0) is 10.0 Å². The smallest absolute Gasteiger partial charge is 0.232 e. The van der Waals surface area contributed by atoms with Gasteiger partial charge in [-0.05, 0) is 24.6 Å². The largest absolute Gasteiger partial charge is 0.320 e. The van der Waals surface area contributed by atoms with E-state index >= 15 is 0 Å². The molecule has 19 heavy (non-hydrogen) atoms. The maximum Gasteiger partial charge on any atom is 0.232 e. The molecule has 0 unspecified atom stereocenters. The molecule has 0 aliphatic rings. The second kappa shape index (κ2) is 7.12. The fourth-order valence-corrected chi connectivity index (χ4v) is 2.65. The average Bonchev–Trinajstić information content (AvgIpc) is 2.35. The van der Waals surface area contributed by atoms with Crippen LogP contribution in [0.1, 0.15) is 25.3 Å². The lowest BCUT2D eigenvalue weighted by Gasteiger charge is -2.07. The van der Waals surface area contributed by atoms with E-state index in [1.165, 1.54) is 12.1 Å². The Bertz CT molecular complexity index is 588. The van der Waals surface area contributed by atoms with Gasteiger partial charge in [-0.3, -0.25) is 4.72 Å². The van der Waals surface area contributed by atoms with E-state index in [4.69, 9.17) is 5.73 Å². The molecule has 0 amide bonds. The Hall–Kier alpha value is -1.58. The minimum atomic E-state index is -3.42. The van der Waals surface area contributed by atoms with E-state index in [2.05, 4.69) is 16.6 Å².